The minimum absolute atomic E-state index is 0.0218. The van der Waals surface area contributed by atoms with Crippen LogP contribution in [0.25, 0.3) is 0 Å². The third-order valence-corrected chi connectivity index (χ3v) is 3.45. The fourth-order valence-electron chi connectivity index (χ4n) is 2.09. The number of ether oxygens (including phenoxy) is 1. The van der Waals surface area contributed by atoms with E-state index in [1.165, 1.54) is 0 Å². The minimum Gasteiger partial charge on any atom is -0.381 e. The summed E-state index contributed by atoms with van der Waals surface area (Å²) in [6.45, 7) is 8.65. The summed E-state index contributed by atoms with van der Waals surface area (Å²) < 4.78 is 5.33. The fourth-order valence-corrected chi connectivity index (χ4v) is 2.09. The average molecular weight is 242 g/mol. The molecule has 100 valence electrons. The predicted octanol–water partition coefficient (Wildman–Crippen LogP) is 1.29. The SMILES string of the molecule is CC(C)C[C@H](N)C(=O)NCC1(C)CCOCC1. The molecule has 17 heavy (non-hydrogen) atoms. The largest absolute Gasteiger partial charge is 0.381 e. The molecule has 0 unspecified atom stereocenters. The van der Waals surface area contributed by atoms with Gasteiger partial charge in [-0.05, 0) is 30.6 Å². The van der Waals surface area contributed by atoms with Crippen LogP contribution in [-0.4, -0.2) is 31.7 Å². The highest BCUT2D eigenvalue weighted by Gasteiger charge is 2.28. The Morgan fingerprint density at radius 2 is 2.00 bits per heavy atom. The van der Waals surface area contributed by atoms with Gasteiger partial charge in [0.15, 0.2) is 0 Å². The molecule has 0 bridgehead atoms. The second-order valence-corrected chi connectivity index (χ2v) is 5.88. The first-order valence-electron chi connectivity index (χ1n) is 6.54. The van der Waals surface area contributed by atoms with Crippen LogP contribution in [-0.2, 0) is 9.53 Å². The van der Waals surface area contributed by atoms with Crippen molar-refractivity contribution in [3.63, 3.8) is 0 Å². The zero-order valence-corrected chi connectivity index (χ0v) is 11.3. The van der Waals surface area contributed by atoms with Crippen LogP contribution in [0.4, 0.5) is 0 Å². The second kappa shape index (κ2) is 6.36. The van der Waals surface area contributed by atoms with Gasteiger partial charge in [0, 0.05) is 19.8 Å². The summed E-state index contributed by atoms with van der Waals surface area (Å²) in [5, 5.41) is 2.98. The number of carbonyl (C=O) groups is 1. The van der Waals surface area contributed by atoms with Gasteiger partial charge in [0.25, 0.3) is 0 Å². The molecule has 1 amide bonds. The summed E-state index contributed by atoms with van der Waals surface area (Å²) in [7, 11) is 0. The van der Waals surface area contributed by atoms with Crippen molar-refractivity contribution in [1.82, 2.24) is 5.32 Å². The van der Waals surface area contributed by atoms with Crippen LogP contribution in [0.1, 0.15) is 40.0 Å². The first-order chi connectivity index (χ1) is 7.93. The van der Waals surface area contributed by atoms with Gasteiger partial charge < -0.3 is 15.8 Å². The number of amides is 1. The number of hydrogen-bond donors (Lipinski definition) is 2. The Kier molecular flexibility index (Phi) is 5.40. The highest BCUT2D eigenvalue weighted by Crippen LogP contribution is 2.28. The predicted molar refractivity (Wildman–Crippen MR) is 68.6 cm³/mol. The average Bonchev–Trinajstić information content (AvgIpc) is 2.26. The lowest BCUT2D eigenvalue weighted by Gasteiger charge is -2.33. The molecule has 0 aliphatic carbocycles. The Labute approximate surface area is 104 Å². The van der Waals surface area contributed by atoms with E-state index < -0.39 is 0 Å². The Morgan fingerprint density at radius 3 is 2.53 bits per heavy atom. The van der Waals surface area contributed by atoms with E-state index in [0.29, 0.717) is 12.5 Å². The standard InChI is InChI=1S/C13H26N2O2/c1-10(2)8-11(14)12(16)15-9-13(3)4-6-17-7-5-13/h10-11H,4-9,14H2,1-3H3,(H,15,16)/t11-/m0/s1. The van der Waals surface area contributed by atoms with Crippen molar-refractivity contribution >= 4 is 5.91 Å². The number of carbonyl (C=O) groups excluding carboxylic acids is 1. The molecule has 1 aliphatic heterocycles. The van der Waals surface area contributed by atoms with Crippen LogP contribution < -0.4 is 11.1 Å². The topological polar surface area (TPSA) is 64.4 Å². The molecule has 1 atom stereocenters. The minimum atomic E-state index is -0.376. The highest BCUT2D eigenvalue weighted by atomic mass is 16.5. The van der Waals surface area contributed by atoms with Gasteiger partial charge in [0.05, 0.1) is 6.04 Å². The molecule has 1 rings (SSSR count). The van der Waals surface area contributed by atoms with Gasteiger partial charge >= 0.3 is 0 Å². The maximum atomic E-state index is 11.8. The van der Waals surface area contributed by atoms with Gasteiger partial charge in [-0.3, -0.25) is 4.79 Å². The molecule has 1 saturated heterocycles. The van der Waals surface area contributed by atoms with Crippen LogP contribution in [0.3, 0.4) is 0 Å². The maximum Gasteiger partial charge on any atom is 0.236 e. The van der Waals surface area contributed by atoms with E-state index in [9.17, 15) is 4.79 Å². The molecule has 1 heterocycles. The molecule has 0 spiro atoms. The molecule has 0 saturated carbocycles. The quantitative estimate of drug-likeness (QED) is 0.763. The van der Waals surface area contributed by atoms with E-state index >= 15 is 0 Å². The van der Waals surface area contributed by atoms with E-state index in [-0.39, 0.29) is 17.4 Å². The lowest BCUT2D eigenvalue weighted by atomic mass is 9.82. The van der Waals surface area contributed by atoms with E-state index in [1.807, 2.05) is 0 Å². The molecule has 1 fully saturated rings. The summed E-state index contributed by atoms with van der Waals surface area (Å²) >= 11 is 0. The third kappa shape index (κ3) is 5.04. The number of nitrogens with one attached hydrogen (secondary N) is 1. The van der Waals surface area contributed by atoms with Gasteiger partial charge in [-0.25, -0.2) is 0 Å². The maximum absolute atomic E-state index is 11.8. The molecule has 0 aromatic carbocycles. The van der Waals surface area contributed by atoms with Crippen molar-refractivity contribution in [2.45, 2.75) is 46.1 Å². The molecule has 0 radical (unpaired) electrons. The van der Waals surface area contributed by atoms with Crippen LogP contribution in [0, 0.1) is 11.3 Å². The zero-order chi connectivity index (χ0) is 12.9. The lowest BCUT2D eigenvalue weighted by Crippen LogP contribution is -2.46. The highest BCUT2D eigenvalue weighted by molar-refractivity contribution is 5.81. The summed E-state index contributed by atoms with van der Waals surface area (Å²) in [4.78, 5) is 11.8. The third-order valence-electron chi connectivity index (χ3n) is 3.45. The molecule has 0 aromatic heterocycles. The normalized spacial score (nSPS) is 21.2. The number of rotatable bonds is 5. The molecular weight excluding hydrogens is 216 g/mol. The Balaban J connectivity index is 2.31. The van der Waals surface area contributed by atoms with Gasteiger partial charge in [-0.1, -0.05) is 20.8 Å². The van der Waals surface area contributed by atoms with Crippen molar-refractivity contribution in [1.29, 1.82) is 0 Å². The smallest absolute Gasteiger partial charge is 0.236 e. The first-order valence-corrected chi connectivity index (χ1v) is 6.54. The second-order valence-electron chi connectivity index (χ2n) is 5.88. The van der Waals surface area contributed by atoms with Gasteiger partial charge in [-0.15, -0.1) is 0 Å². The number of nitrogens with two attached hydrogens (primary N) is 1. The van der Waals surface area contributed by atoms with Crippen molar-refractivity contribution in [3.05, 3.63) is 0 Å². The number of hydrogen-bond acceptors (Lipinski definition) is 3. The summed E-state index contributed by atoms with van der Waals surface area (Å²) in [6, 6.07) is -0.376. The molecule has 4 heteroatoms. The Hall–Kier alpha value is -0.610. The summed E-state index contributed by atoms with van der Waals surface area (Å²) in [6.07, 6.45) is 2.76. The molecule has 0 aromatic rings. The van der Waals surface area contributed by atoms with Gasteiger partial charge in [0.2, 0.25) is 5.91 Å². The Bertz CT molecular complexity index is 248. The van der Waals surface area contributed by atoms with Crippen LogP contribution in [0.15, 0.2) is 0 Å². The van der Waals surface area contributed by atoms with Crippen molar-refractivity contribution in [2.24, 2.45) is 17.1 Å². The van der Waals surface area contributed by atoms with Crippen molar-refractivity contribution in [2.75, 3.05) is 19.8 Å². The van der Waals surface area contributed by atoms with Crippen molar-refractivity contribution < 1.29 is 9.53 Å². The molecular formula is C13H26N2O2. The van der Waals surface area contributed by atoms with Crippen LogP contribution in [0.5, 0.6) is 0 Å². The first kappa shape index (κ1) is 14.5. The molecule has 1 aliphatic rings. The lowest BCUT2D eigenvalue weighted by molar-refractivity contribution is -0.123. The van der Waals surface area contributed by atoms with Gasteiger partial charge in [0.1, 0.15) is 0 Å². The van der Waals surface area contributed by atoms with Crippen LogP contribution >= 0.6 is 0 Å². The van der Waals surface area contributed by atoms with Crippen molar-refractivity contribution in [3.8, 4) is 0 Å². The summed E-state index contributed by atoms with van der Waals surface area (Å²) in [5.74, 6) is 0.431. The fraction of sp³-hybridized carbons (Fsp3) is 0.923. The van der Waals surface area contributed by atoms with E-state index in [0.717, 1.165) is 32.5 Å². The van der Waals surface area contributed by atoms with E-state index in [1.54, 1.807) is 0 Å². The summed E-state index contributed by atoms with van der Waals surface area (Å²) in [5.41, 5.74) is 6.01. The monoisotopic (exact) mass is 242 g/mol. The van der Waals surface area contributed by atoms with E-state index in [4.69, 9.17) is 10.5 Å². The van der Waals surface area contributed by atoms with E-state index in [2.05, 4.69) is 26.1 Å². The zero-order valence-electron chi connectivity index (χ0n) is 11.3. The van der Waals surface area contributed by atoms with Crippen LogP contribution in [0.2, 0.25) is 0 Å². The molecule has 3 N–H and O–H groups in total. The Morgan fingerprint density at radius 1 is 1.41 bits per heavy atom. The molecule has 4 nitrogen and oxygen atoms in total. The van der Waals surface area contributed by atoms with Gasteiger partial charge in [-0.2, -0.15) is 0 Å².